The number of ketones is 1. The molecule has 3 nitrogen and oxygen atoms in total. The molecule has 0 aliphatic heterocycles. The van der Waals surface area contributed by atoms with E-state index in [9.17, 15) is 4.79 Å². The highest BCUT2D eigenvalue weighted by molar-refractivity contribution is 9.10. The molecule has 6 heteroatoms. The number of rotatable bonds is 3. The summed E-state index contributed by atoms with van der Waals surface area (Å²) in [5.41, 5.74) is 7.16. The van der Waals surface area contributed by atoms with Crippen LogP contribution in [0.3, 0.4) is 0 Å². The molecular formula is C13H9BrCl2N2O. The standard InChI is InChI=1S/C13H9BrCl2N2O/c14-9-1-7(5-18-6-9)2-12(19)8-3-10(15)13(17)11(16)4-8/h1,3-6H,2,17H2. The molecule has 0 atom stereocenters. The van der Waals surface area contributed by atoms with Gasteiger partial charge >= 0.3 is 0 Å². The number of benzene rings is 1. The van der Waals surface area contributed by atoms with Crippen molar-refractivity contribution in [2.75, 3.05) is 5.73 Å². The molecule has 0 bridgehead atoms. The zero-order chi connectivity index (χ0) is 14.0. The molecule has 0 radical (unpaired) electrons. The first-order valence-electron chi connectivity index (χ1n) is 5.34. The van der Waals surface area contributed by atoms with Gasteiger partial charge in [-0.1, -0.05) is 23.2 Å². The molecule has 2 N–H and O–H groups in total. The van der Waals surface area contributed by atoms with Crippen molar-refractivity contribution >= 4 is 50.6 Å². The lowest BCUT2D eigenvalue weighted by atomic mass is 10.0. The second-order valence-corrected chi connectivity index (χ2v) is 5.70. The van der Waals surface area contributed by atoms with Crippen molar-refractivity contribution in [3.8, 4) is 0 Å². The Morgan fingerprint density at radius 2 is 1.84 bits per heavy atom. The minimum Gasteiger partial charge on any atom is -0.396 e. The fraction of sp³-hybridized carbons (Fsp3) is 0.0769. The van der Waals surface area contributed by atoms with Gasteiger partial charge in [0.1, 0.15) is 0 Å². The molecule has 2 rings (SSSR count). The number of anilines is 1. The van der Waals surface area contributed by atoms with Crippen molar-refractivity contribution in [3.05, 3.63) is 56.2 Å². The minimum absolute atomic E-state index is 0.0938. The Bertz CT molecular complexity index is 623. The number of nitrogens with zero attached hydrogens (tertiary/aromatic N) is 1. The Kier molecular flexibility index (Phi) is 4.45. The molecule has 0 aliphatic rings. The molecule has 98 valence electrons. The first-order chi connectivity index (χ1) is 8.97. The van der Waals surface area contributed by atoms with Crippen LogP contribution >= 0.6 is 39.1 Å². The highest BCUT2D eigenvalue weighted by Gasteiger charge is 2.12. The van der Waals surface area contributed by atoms with E-state index in [0.29, 0.717) is 5.56 Å². The van der Waals surface area contributed by atoms with Gasteiger partial charge < -0.3 is 5.73 Å². The first kappa shape index (κ1) is 14.3. The lowest BCUT2D eigenvalue weighted by molar-refractivity contribution is 0.0993. The number of aromatic nitrogens is 1. The van der Waals surface area contributed by atoms with Crippen LogP contribution < -0.4 is 5.73 Å². The van der Waals surface area contributed by atoms with Gasteiger partial charge in [-0.3, -0.25) is 9.78 Å². The fourth-order valence-electron chi connectivity index (χ4n) is 1.59. The molecule has 0 unspecified atom stereocenters. The molecule has 0 aliphatic carbocycles. The summed E-state index contributed by atoms with van der Waals surface area (Å²) in [4.78, 5) is 16.1. The summed E-state index contributed by atoms with van der Waals surface area (Å²) in [7, 11) is 0. The van der Waals surface area contributed by atoms with Crippen molar-refractivity contribution < 1.29 is 4.79 Å². The summed E-state index contributed by atoms with van der Waals surface area (Å²) < 4.78 is 0.825. The molecule has 2 aromatic rings. The van der Waals surface area contributed by atoms with Crippen LogP contribution in [0.4, 0.5) is 5.69 Å². The van der Waals surface area contributed by atoms with Crippen LogP contribution in [0.25, 0.3) is 0 Å². The van der Waals surface area contributed by atoms with Crippen LogP contribution in [0.2, 0.25) is 10.0 Å². The zero-order valence-electron chi connectivity index (χ0n) is 9.66. The quantitative estimate of drug-likeness (QED) is 0.661. The normalized spacial score (nSPS) is 10.5. The van der Waals surface area contributed by atoms with Gasteiger partial charge in [-0.05, 0) is 39.7 Å². The molecule has 1 aromatic heterocycles. The Hall–Kier alpha value is -1.10. The van der Waals surface area contributed by atoms with Crippen molar-refractivity contribution in [1.82, 2.24) is 4.98 Å². The van der Waals surface area contributed by atoms with E-state index in [1.165, 1.54) is 12.1 Å². The van der Waals surface area contributed by atoms with Gasteiger partial charge in [0.2, 0.25) is 0 Å². The predicted molar refractivity (Wildman–Crippen MR) is 80.8 cm³/mol. The number of pyridine rings is 1. The fourth-order valence-corrected chi connectivity index (χ4v) is 2.48. The lowest BCUT2D eigenvalue weighted by Gasteiger charge is -2.06. The molecule has 0 fully saturated rings. The van der Waals surface area contributed by atoms with Gasteiger partial charge in [0, 0.05) is 28.9 Å². The van der Waals surface area contributed by atoms with E-state index in [4.69, 9.17) is 28.9 Å². The van der Waals surface area contributed by atoms with Crippen molar-refractivity contribution in [1.29, 1.82) is 0 Å². The lowest BCUT2D eigenvalue weighted by Crippen LogP contribution is -2.05. The molecule has 1 heterocycles. The first-order valence-corrected chi connectivity index (χ1v) is 6.89. The Balaban J connectivity index is 2.25. The van der Waals surface area contributed by atoms with Crippen LogP contribution in [0.5, 0.6) is 0 Å². The monoisotopic (exact) mass is 358 g/mol. The highest BCUT2D eigenvalue weighted by Crippen LogP contribution is 2.29. The van der Waals surface area contributed by atoms with Gasteiger partial charge in [-0.25, -0.2) is 0 Å². The van der Waals surface area contributed by atoms with Gasteiger partial charge in [-0.2, -0.15) is 0 Å². The number of hydrogen-bond donors (Lipinski definition) is 1. The van der Waals surface area contributed by atoms with Crippen molar-refractivity contribution in [2.24, 2.45) is 0 Å². The average Bonchev–Trinajstić information content (AvgIpc) is 2.35. The highest BCUT2D eigenvalue weighted by atomic mass is 79.9. The van der Waals surface area contributed by atoms with E-state index in [-0.39, 0.29) is 27.9 Å². The number of nitrogen functional groups attached to an aromatic ring is 1. The summed E-state index contributed by atoms with van der Waals surface area (Å²) >= 11 is 15.1. The third-order valence-corrected chi connectivity index (χ3v) is 3.59. The van der Waals surface area contributed by atoms with E-state index >= 15 is 0 Å². The van der Waals surface area contributed by atoms with Gasteiger partial charge in [-0.15, -0.1) is 0 Å². The number of carbonyl (C=O) groups excluding carboxylic acids is 1. The number of nitrogens with two attached hydrogens (primary N) is 1. The van der Waals surface area contributed by atoms with Crippen LogP contribution in [0.1, 0.15) is 15.9 Å². The summed E-state index contributed by atoms with van der Waals surface area (Å²) in [5, 5.41) is 0.562. The Morgan fingerprint density at radius 3 is 2.42 bits per heavy atom. The number of hydrogen-bond acceptors (Lipinski definition) is 3. The van der Waals surface area contributed by atoms with Gasteiger partial charge in [0.25, 0.3) is 0 Å². The van der Waals surface area contributed by atoms with Gasteiger partial charge in [0.15, 0.2) is 5.78 Å². The molecule has 0 saturated heterocycles. The number of carbonyl (C=O) groups is 1. The van der Waals surface area contributed by atoms with E-state index in [1.54, 1.807) is 12.4 Å². The SMILES string of the molecule is Nc1c(Cl)cc(C(=O)Cc2cncc(Br)c2)cc1Cl. The third-order valence-electron chi connectivity index (χ3n) is 2.53. The molecule has 0 spiro atoms. The predicted octanol–water partition coefficient (Wildman–Crippen LogP) is 4.16. The third kappa shape index (κ3) is 3.47. The summed E-state index contributed by atoms with van der Waals surface area (Å²) in [6.45, 7) is 0. The second kappa shape index (κ2) is 5.90. The van der Waals surface area contributed by atoms with E-state index < -0.39 is 0 Å². The van der Waals surface area contributed by atoms with Crippen LogP contribution in [-0.2, 0) is 6.42 Å². The molecule has 1 aromatic carbocycles. The van der Waals surface area contributed by atoms with Crippen molar-refractivity contribution in [2.45, 2.75) is 6.42 Å². The summed E-state index contributed by atoms with van der Waals surface area (Å²) in [6.07, 6.45) is 3.52. The molecule has 0 saturated carbocycles. The zero-order valence-corrected chi connectivity index (χ0v) is 12.8. The summed E-state index contributed by atoms with van der Waals surface area (Å²) in [6, 6.07) is 4.89. The number of halogens is 3. The smallest absolute Gasteiger partial charge is 0.167 e. The molecular weight excluding hydrogens is 351 g/mol. The van der Waals surface area contributed by atoms with Crippen molar-refractivity contribution in [3.63, 3.8) is 0 Å². The largest absolute Gasteiger partial charge is 0.396 e. The maximum Gasteiger partial charge on any atom is 0.167 e. The van der Waals surface area contributed by atoms with E-state index in [2.05, 4.69) is 20.9 Å². The maximum atomic E-state index is 12.1. The number of Topliss-reactive ketones (excluding diaryl/α,β-unsaturated/α-hetero) is 1. The Morgan fingerprint density at radius 1 is 1.21 bits per heavy atom. The van der Waals surface area contributed by atoms with Gasteiger partial charge in [0.05, 0.1) is 15.7 Å². The van der Waals surface area contributed by atoms with E-state index in [0.717, 1.165) is 10.0 Å². The molecule has 19 heavy (non-hydrogen) atoms. The average molecular weight is 360 g/mol. The summed E-state index contributed by atoms with van der Waals surface area (Å²) in [5.74, 6) is -0.0938. The maximum absolute atomic E-state index is 12.1. The topological polar surface area (TPSA) is 56.0 Å². The molecule has 0 amide bonds. The van der Waals surface area contributed by atoms with Crippen LogP contribution in [0, 0.1) is 0 Å². The van der Waals surface area contributed by atoms with E-state index in [1.807, 2.05) is 6.07 Å². The second-order valence-electron chi connectivity index (χ2n) is 3.96. The van der Waals surface area contributed by atoms with Crippen LogP contribution in [0.15, 0.2) is 35.1 Å². The minimum atomic E-state index is -0.0938. The van der Waals surface area contributed by atoms with Crippen LogP contribution in [-0.4, -0.2) is 10.8 Å². The Labute approximate surface area is 128 Å².